The molecule has 70 valence electrons. The number of ketones is 1. The van der Waals surface area contributed by atoms with Crippen LogP contribution < -0.4 is 0 Å². The molecule has 0 fully saturated rings. The van der Waals surface area contributed by atoms with Gasteiger partial charge >= 0.3 is 0 Å². The molecule has 1 heterocycles. The summed E-state index contributed by atoms with van der Waals surface area (Å²) in [7, 11) is 0. The van der Waals surface area contributed by atoms with Gasteiger partial charge in [0.05, 0.1) is 11.9 Å². The van der Waals surface area contributed by atoms with Gasteiger partial charge in [-0.2, -0.15) is 0 Å². The Kier molecular flexibility index (Phi) is 2.14. The first-order valence-electron chi connectivity index (χ1n) is 4.39. The van der Waals surface area contributed by atoms with Crippen LogP contribution in [0.1, 0.15) is 17.5 Å². The van der Waals surface area contributed by atoms with Crippen LogP contribution in [0.25, 0.3) is 11.3 Å². The fraction of sp³-hybridized carbons (Fsp3) is 0.0909. The van der Waals surface area contributed by atoms with E-state index in [4.69, 9.17) is 0 Å². The van der Waals surface area contributed by atoms with Gasteiger partial charge in [0, 0.05) is 6.92 Å². The molecule has 0 unspecified atom stereocenters. The molecule has 2 rings (SSSR count). The van der Waals surface area contributed by atoms with E-state index in [2.05, 4.69) is 9.97 Å². The fourth-order valence-corrected chi connectivity index (χ4v) is 1.26. The van der Waals surface area contributed by atoms with Gasteiger partial charge in [0.1, 0.15) is 0 Å². The highest BCUT2D eigenvalue weighted by Gasteiger charge is 2.05. The first kappa shape index (κ1) is 8.69. The summed E-state index contributed by atoms with van der Waals surface area (Å²) >= 11 is 0. The van der Waals surface area contributed by atoms with E-state index >= 15 is 0 Å². The molecule has 0 atom stereocenters. The molecule has 0 radical (unpaired) electrons. The summed E-state index contributed by atoms with van der Waals surface area (Å²) in [6, 6.07) is 9.79. The zero-order valence-electron chi connectivity index (χ0n) is 7.82. The van der Waals surface area contributed by atoms with Crippen molar-refractivity contribution in [1.82, 2.24) is 9.97 Å². The van der Waals surface area contributed by atoms with Gasteiger partial charge < -0.3 is 4.98 Å². The summed E-state index contributed by atoms with van der Waals surface area (Å²) in [5, 5.41) is 0. The highest BCUT2D eigenvalue weighted by Crippen LogP contribution is 2.15. The first-order chi connectivity index (χ1) is 6.77. The lowest BCUT2D eigenvalue weighted by Gasteiger charge is -1.94. The van der Waals surface area contributed by atoms with Crippen molar-refractivity contribution in [3.05, 3.63) is 42.4 Å². The van der Waals surface area contributed by atoms with Gasteiger partial charge in [-0.3, -0.25) is 4.79 Å². The molecule has 3 heteroatoms. The van der Waals surface area contributed by atoms with E-state index in [1.165, 1.54) is 6.92 Å². The van der Waals surface area contributed by atoms with Gasteiger partial charge in [0.2, 0.25) is 0 Å². The fourth-order valence-electron chi connectivity index (χ4n) is 1.26. The first-order valence-corrected chi connectivity index (χ1v) is 4.39. The zero-order valence-corrected chi connectivity index (χ0v) is 7.82. The average molecular weight is 186 g/mol. The lowest BCUT2D eigenvalue weighted by molar-refractivity contribution is 0.100. The van der Waals surface area contributed by atoms with Crippen LogP contribution in [-0.4, -0.2) is 15.8 Å². The zero-order chi connectivity index (χ0) is 9.97. The second kappa shape index (κ2) is 3.46. The van der Waals surface area contributed by atoms with Crippen molar-refractivity contribution in [1.29, 1.82) is 0 Å². The molecule has 0 spiro atoms. The molecule has 1 aromatic heterocycles. The van der Waals surface area contributed by atoms with Crippen molar-refractivity contribution < 1.29 is 4.79 Å². The van der Waals surface area contributed by atoms with E-state index in [-0.39, 0.29) is 5.78 Å². The van der Waals surface area contributed by atoms with Crippen molar-refractivity contribution in [2.24, 2.45) is 0 Å². The summed E-state index contributed by atoms with van der Waals surface area (Å²) in [6.07, 6.45) is 1.67. The van der Waals surface area contributed by atoms with E-state index in [0.29, 0.717) is 5.82 Å². The van der Waals surface area contributed by atoms with Crippen LogP contribution >= 0.6 is 0 Å². The molecule has 1 N–H and O–H groups in total. The number of carbonyl (C=O) groups is 1. The number of nitrogens with one attached hydrogen (secondary N) is 1. The van der Waals surface area contributed by atoms with Crippen molar-refractivity contribution in [2.75, 3.05) is 0 Å². The third-order valence-corrected chi connectivity index (χ3v) is 1.99. The monoisotopic (exact) mass is 186 g/mol. The summed E-state index contributed by atoms with van der Waals surface area (Å²) in [5.41, 5.74) is 1.91. The van der Waals surface area contributed by atoms with Crippen molar-refractivity contribution in [2.45, 2.75) is 6.92 Å². The number of carbonyl (C=O) groups excluding carboxylic acids is 1. The standard InChI is InChI=1S/C11H10N2O/c1-8(14)11-12-7-10(13-11)9-5-3-2-4-6-9/h2-7H,1H3,(H,12,13). The Labute approximate surface area is 81.8 Å². The maximum atomic E-state index is 11.0. The summed E-state index contributed by atoms with van der Waals surface area (Å²) < 4.78 is 0. The number of hydrogen-bond donors (Lipinski definition) is 1. The Hall–Kier alpha value is -1.90. The number of benzene rings is 1. The molecule has 0 aliphatic carbocycles. The summed E-state index contributed by atoms with van der Waals surface area (Å²) in [6.45, 7) is 1.49. The predicted octanol–water partition coefficient (Wildman–Crippen LogP) is 2.28. The quantitative estimate of drug-likeness (QED) is 0.731. The van der Waals surface area contributed by atoms with Gasteiger partial charge in [-0.1, -0.05) is 30.3 Å². The maximum absolute atomic E-state index is 11.0. The number of H-pyrrole nitrogens is 1. The average Bonchev–Trinajstić information content (AvgIpc) is 2.68. The molecule has 3 nitrogen and oxygen atoms in total. The van der Waals surface area contributed by atoms with Crippen molar-refractivity contribution >= 4 is 5.78 Å². The normalized spacial score (nSPS) is 10.1. The minimum absolute atomic E-state index is 0.0489. The number of aromatic amines is 1. The molecule has 14 heavy (non-hydrogen) atoms. The Morgan fingerprint density at radius 2 is 2.00 bits per heavy atom. The minimum atomic E-state index is -0.0489. The van der Waals surface area contributed by atoms with E-state index < -0.39 is 0 Å². The highest BCUT2D eigenvalue weighted by atomic mass is 16.1. The lowest BCUT2D eigenvalue weighted by atomic mass is 10.2. The topological polar surface area (TPSA) is 45.8 Å². The molecule has 0 aliphatic rings. The smallest absolute Gasteiger partial charge is 0.194 e. The van der Waals surface area contributed by atoms with Gasteiger partial charge in [-0.25, -0.2) is 4.98 Å². The number of aromatic nitrogens is 2. The van der Waals surface area contributed by atoms with E-state index in [1.807, 2.05) is 30.3 Å². The van der Waals surface area contributed by atoms with Crippen LogP contribution in [0.15, 0.2) is 36.5 Å². The Balaban J connectivity index is 2.39. The Morgan fingerprint density at radius 1 is 1.29 bits per heavy atom. The number of nitrogens with zero attached hydrogens (tertiary/aromatic N) is 1. The Bertz CT molecular complexity index is 445. The molecule has 0 saturated carbocycles. The molecule has 0 bridgehead atoms. The van der Waals surface area contributed by atoms with Crippen LogP contribution in [0.5, 0.6) is 0 Å². The predicted molar refractivity (Wildman–Crippen MR) is 54.0 cm³/mol. The van der Waals surface area contributed by atoms with Gasteiger partial charge in [-0.15, -0.1) is 0 Å². The molecular weight excluding hydrogens is 176 g/mol. The summed E-state index contributed by atoms with van der Waals surface area (Å²) in [5.74, 6) is 0.357. The molecule has 1 aromatic carbocycles. The van der Waals surface area contributed by atoms with E-state index in [1.54, 1.807) is 6.20 Å². The van der Waals surface area contributed by atoms with Gasteiger partial charge in [-0.05, 0) is 5.56 Å². The summed E-state index contributed by atoms with van der Waals surface area (Å²) in [4.78, 5) is 18.0. The molecule has 0 amide bonds. The Morgan fingerprint density at radius 3 is 2.57 bits per heavy atom. The second-order valence-corrected chi connectivity index (χ2v) is 3.07. The number of Topliss-reactive ketones (excluding diaryl/α,β-unsaturated/α-hetero) is 1. The van der Waals surface area contributed by atoms with Gasteiger partial charge in [0.15, 0.2) is 11.6 Å². The number of rotatable bonds is 2. The van der Waals surface area contributed by atoms with Crippen molar-refractivity contribution in [3.63, 3.8) is 0 Å². The largest absolute Gasteiger partial charge is 0.336 e. The maximum Gasteiger partial charge on any atom is 0.194 e. The van der Waals surface area contributed by atoms with E-state index in [0.717, 1.165) is 11.3 Å². The molecule has 0 aliphatic heterocycles. The second-order valence-electron chi connectivity index (χ2n) is 3.07. The van der Waals surface area contributed by atoms with E-state index in [9.17, 15) is 4.79 Å². The highest BCUT2D eigenvalue weighted by molar-refractivity contribution is 5.90. The SMILES string of the molecule is CC(=O)c1ncc(-c2ccccc2)[nH]1. The minimum Gasteiger partial charge on any atom is -0.336 e. The molecule has 2 aromatic rings. The number of hydrogen-bond acceptors (Lipinski definition) is 2. The molecule has 0 saturated heterocycles. The third kappa shape index (κ3) is 1.57. The van der Waals surface area contributed by atoms with Crippen LogP contribution in [0, 0.1) is 0 Å². The van der Waals surface area contributed by atoms with Crippen molar-refractivity contribution in [3.8, 4) is 11.3 Å². The third-order valence-electron chi connectivity index (χ3n) is 1.99. The van der Waals surface area contributed by atoms with Crippen LogP contribution in [0.3, 0.4) is 0 Å². The van der Waals surface area contributed by atoms with Gasteiger partial charge in [0.25, 0.3) is 0 Å². The lowest BCUT2D eigenvalue weighted by Crippen LogP contribution is -1.93. The number of imidazole rings is 1. The van der Waals surface area contributed by atoms with Crippen LogP contribution in [-0.2, 0) is 0 Å². The molecular formula is C11H10N2O. The van der Waals surface area contributed by atoms with Crippen LogP contribution in [0.4, 0.5) is 0 Å². The van der Waals surface area contributed by atoms with Crippen LogP contribution in [0.2, 0.25) is 0 Å².